The molecule has 0 aromatic heterocycles. The summed E-state index contributed by atoms with van der Waals surface area (Å²) in [7, 11) is 0. The zero-order valence-corrected chi connectivity index (χ0v) is 11.8. The smallest absolute Gasteiger partial charge is 0.223 e. The van der Waals surface area contributed by atoms with Crippen molar-refractivity contribution in [1.29, 1.82) is 0 Å². The third-order valence-electron chi connectivity index (χ3n) is 3.77. The molecule has 20 heavy (non-hydrogen) atoms. The Morgan fingerprint density at radius 3 is 2.50 bits per heavy atom. The monoisotopic (exact) mass is 275 g/mol. The molecule has 0 saturated carbocycles. The Bertz CT molecular complexity index is 481. The van der Waals surface area contributed by atoms with Crippen molar-refractivity contribution in [2.24, 2.45) is 0 Å². The van der Waals surface area contributed by atoms with Gasteiger partial charge in [-0.15, -0.1) is 0 Å². The molecule has 0 bridgehead atoms. The summed E-state index contributed by atoms with van der Waals surface area (Å²) in [6.07, 6.45) is 1.64. The summed E-state index contributed by atoms with van der Waals surface area (Å²) in [6.45, 7) is 3.07. The second-order valence-corrected chi connectivity index (χ2v) is 5.26. The summed E-state index contributed by atoms with van der Waals surface area (Å²) in [5.41, 5.74) is 1.86. The third-order valence-corrected chi connectivity index (χ3v) is 3.77. The summed E-state index contributed by atoms with van der Waals surface area (Å²) >= 11 is 0. The van der Waals surface area contributed by atoms with E-state index in [0.29, 0.717) is 25.1 Å². The second-order valence-electron chi connectivity index (χ2n) is 5.26. The minimum atomic E-state index is -0.406. The average Bonchev–Trinajstić information content (AvgIpc) is 2.91. The highest BCUT2D eigenvalue weighted by atomic mass is 16.3. The number of benzene rings is 1. The molecule has 1 heterocycles. The van der Waals surface area contributed by atoms with E-state index in [1.807, 2.05) is 24.3 Å². The molecule has 0 radical (unpaired) electrons. The van der Waals surface area contributed by atoms with Gasteiger partial charge in [0.05, 0.1) is 6.10 Å². The number of aryl methyl sites for hydroxylation is 1. The summed E-state index contributed by atoms with van der Waals surface area (Å²) in [5.74, 6) is -0.0409. The number of Topliss-reactive ketones (excluding diaryl/α,β-unsaturated/α-hetero) is 1. The number of hydrogen-bond donors (Lipinski definition) is 1. The highest BCUT2D eigenvalue weighted by Crippen LogP contribution is 2.13. The van der Waals surface area contributed by atoms with Crippen molar-refractivity contribution in [2.75, 3.05) is 13.1 Å². The number of carbonyl (C=O) groups is 2. The molecule has 1 aliphatic rings. The number of carbonyl (C=O) groups excluding carboxylic acids is 2. The molecule has 1 amide bonds. The van der Waals surface area contributed by atoms with Crippen molar-refractivity contribution in [1.82, 2.24) is 4.90 Å². The van der Waals surface area contributed by atoms with Crippen molar-refractivity contribution in [3.05, 3.63) is 35.4 Å². The van der Waals surface area contributed by atoms with Crippen LogP contribution < -0.4 is 0 Å². The molecular formula is C16H21NO3. The molecule has 1 aromatic rings. The lowest BCUT2D eigenvalue weighted by molar-refractivity contribution is -0.130. The maximum atomic E-state index is 12.0. The first-order chi connectivity index (χ1) is 9.60. The summed E-state index contributed by atoms with van der Waals surface area (Å²) in [5, 5.41) is 9.39. The van der Waals surface area contributed by atoms with Gasteiger partial charge in [-0.2, -0.15) is 0 Å². The molecule has 2 rings (SSSR count). The van der Waals surface area contributed by atoms with Gasteiger partial charge in [0, 0.05) is 31.5 Å². The van der Waals surface area contributed by atoms with E-state index in [0.717, 1.165) is 6.42 Å². The van der Waals surface area contributed by atoms with Gasteiger partial charge in [-0.25, -0.2) is 0 Å². The molecule has 1 saturated heterocycles. The van der Waals surface area contributed by atoms with Crippen LogP contribution in [0.1, 0.15) is 42.1 Å². The van der Waals surface area contributed by atoms with Crippen LogP contribution in [0.4, 0.5) is 0 Å². The molecule has 0 unspecified atom stereocenters. The lowest BCUT2D eigenvalue weighted by atomic mass is 10.0. The van der Waals surface area contributed by atoms with Gasteiger partial charge in [-0.3, -0.25) is 9.59 Å². The Morgan fingerprint density at radius 1 is 1.25 bits per heavy atom. The number of aliphatic hydroxyl groups excluding tert-OH is 1. The van der Waals surface area contributed by atoms with E-state index in [1.54, 1.807) is 4.90 Å². The number of amides is 1. The van der Waals surface area contributed by atoms with Crippen LogP contribution in [0.15, 0.2) is 24.3 Å². The van der Waals surface area contributed by atoms with Gasteiger partial charge in [0.1, 0.15) is 0 Å². The molecule has 0 aliphatic carbocycles. The first-order valence-corrected chi connectivity index (χ1v) is 7.18. The van der Waals surface area contributed by atoms with Gasteiger partial charge >= 0.3 is 0 Å². The van der Waals surface area contributed by atoms with Crippen LogP contribution in [0.3, 0.4) is 0 Å². The molecular weight excluding hydrogens is 254 g/mol. The fraction of sp³-hybridized carbons (Fsp3) is 0.500. The van der Waals surface area contributed by atoms with Crippen LogP contribution in [0.5, 0.6) is 0 Å². The van der Waals surface area contributed by atoms with Gasteiger partial charge < -0.3 is 10.0 Å². The second kappa shape index (κ2) is 6.66. The molecule has 0 spiro atoms. The van der Waals surface area contributed by atoms with Gasteiger partial charge in [0.2, 0.25) is 5.91 Å². The van der Waals surface area contributed by atoms with Crippen LogP contribution in [0.25, 0.3) is 0 Å². The summed E-state index contributed by atoms with van der Waals surface area (Å²) in [6, 6.07) is 7.55. The molecule has 108 valence electrons. The molecule has 1 aromatic carbocycles. The van der Waals surface area contributed by atoms with Crippen LogP contribution >= 0.6 is 0 Å². The summed E-state index contributed by atoms with van der Waals surface area (Å²) < 4.78 is 0. The predicted octanol–water partition coefficient (Wildman–Crippen LogP) is 1.81. The fourth-order valence-electron chi connectivity index (χ4n) is 2.42. The van der Waals surface area contributed by atoms with Gasteiger partial charge in [-0.05, 0) is 18.4 Å². The topological polar surface area (TPSA) is 57.6 Å². The molecule has 1 atom stereocenters. The predicted molar refractivity (Wildman–Crippen MR) is 76.6 cm³/mol. The lowest BCUT2D eigenvalue weighted by Gasteiger charge is -2.15. The maximum absolute atomic E-state index is 12.0. The Balaban J connectivity index is 1.83. The van der Waals surface area contributed by atoms with E-state index in [-0.39, 0.29) is 24.5 Å². The standard InChI is InChI=1S/C16H21NO3/c1-2-12-3-5-13(6-4-12)15(19)7-8-16(20)17-10-9-14(18)11-17/h3-6,14,18H,2,7-11H2,1H3/t14-/m1/s1. The largest absolute Gasteiger partial charge is 0.391 e. The lowest BCUT2D eigenvalue weighted by Crippen LogP contribution is -2.29. The van der Waals surface area contributed by atoms with Crippen LogP contribution in [-0.4, -0.2) is 40.9 Å². The van der Waals surface area contributed by atoms with E-state index < -0.39 is 6.10 Å². The normalized spacial score (nSPS) is 18.3. The van der Waals surface area contributed by atoms with Gasteiger partial charge in [-0.1, -0.05) is 31.2 Å². The van der Waals surface area contributed by atoms with Crippen molar-refractivity contribution in [2.45, 2.75) is 38.7 Å². The molecule has 4 heteroatoms. The van der Waals surface area contributed by atoms with E-state index in [1.165, 1.54) is 5.56 Å². The first-order valence-electron chi connectivity index (χ1n) is 7.18. The Kier molecular flexibility index (Phi) is 4.90. The number of likely N-dealkylation sites (tertiary alicyclic amines) is 1. The van der Waals surface area contributed by atoms with E-state index in [2.05, 4.69) is 6.92 Å². The number of aliphatic hydroxyl groups is 1. The number of ketones is 1. The van der Waals surface area contributed by atoms with Gasteiger partial charge in [0.25, 0.3) is 0 Å². The zero-order chi connectivity index (χ0) is 14.5. The van der Waals surface area contributed by atoms with E-state index >= 15 is 0 Å². The van der Waals surface area contributed by atoms with Crippen LogP contribution in [0.2, 0.25) is 0 Å². The SMILES string of the molecule is CCc1ccc(C(=O)CCC(=O)N2CC[C@@H](O)C2)cc1. The molecule has 1 N–H and O–H groups in total. The quantitative estimate of drug-likeness (QED) is 0.834. The number of β-amino-alcohol motifs (C(OH)–C–C–N with tert-alkyl or cyclic N) is 1. The molecule has 4 nitrogen and oxygen atoms in total. The van der Waals surface area contributed by atoms with Crippen molar-refractivity contribution < 1.29 is 14.7 Å². The zero-order valence-electron chi connectivity index (χ0n) is 11.8. The van der Waals surface area contributed by atoms with Crippen molar-refractivity contribution in [3.63, 3.8) is 0 Å². The Morgan fingerprint density at radius 2 is 1.95 bits per heavy atom. The minimum Gasteiger partial charge on any atom is -0.391 e. The fourth-order valence-corrected chi connectivity index (χ4v) is 2.42. The Labute approximate surface area is 119 Å². The molecule has 1 fully saturated rings. The van der Waals surface area contributed by atoms with Crippen LogP contribution in [-0.2, 0) is 11.2 Å². The third kappa shape index (κ3) is 3.67. The number of rotatable bonds is 5. The first kappa shape index (κ1) is 14.7. The number of nitrogens with zero attached hydrogens (tertiary/aromatic N) is 1. The maximum Gasteiger partial charge on any atom is 0.223 e. The highest BCUT2D eigenvalue weighted by molar-refractivity contribution is 5.98. The van der Waals surface area contributed by atoms with Crippen molar-refractivity contribution >= 4 is 11.7 Å². The molecule has 1 aliphatic heterocycles. The number of hydrogen-bond acceptors (Lipinski definition) is 3. The van der Waals surface area contributed by atoms with E-state index in [9.17, 15) is 14.7 Å². The van der Waals surface area contributed by atoms with Crippen LogP contribution in [0, 0.1) is 0 Å². The minimum absolute atomic E-state index is 0.000693. The van der Waals surface area contributed by atoms with Crippen molar-refractivity contribution in [3.8, 4) is 0 Å². The average molecular weight is 275 g/mol. The Hall–Kier alpha value is -1.68. The summed E-state index contributed by atoms with van der Waals surface area (Å²) in [4.78, 5) is 25.5. The highest BCUT2D eigenvalue weighted by Gasteiger charge is 2.24. The van der Waals surface area contributed by atoms with E-state index in [4.69, 9.17) is 0 Å². The van der Waals surface area contributed by atoms with Gasteiger partial charge in [0.15, 0.2) is 5.78 Å².